The number of benzene rings is 1. The molecule has 4 rings (SSSR count). The van der Waals surface area contributed by atoms with Crippen molar-refractivity contribution >= 4 is 22.6 Å². The first kappa shape index (κ1) is 23.6. The van der Waals surface area contributed by atoms with Gasteiger partial charge < -0.3 is 14.6 Å². The molecule has 0 aliphatic carbocycles. The Morgan fingerprint density at radius 1 is 1.18 bits per heavy atom. The summed E-state index contributed by atoms with van der Waals surface area (Å²) in [4.78, 5) is 20.6. The summed E-state index contributed by atoms with van der Waals surface area (Å²) in [5.74, 6) is -0.227. The third-order valence-electron chi connectivity index (χ3n) is 5.49. The summed E-state index contributed by atoms with van der Waals surface area (Å²) in [7, 11) is 0. The number of furan rings is 1. The molecule has 0 spiro atoms. The Morgan fingerprint density at radius 2 is 1.94 bits per heavy atom. The maximum Gasteiger partial charge on any atom is 0.435 e. The number of hydrogen-bond acceptors (Lipinski definition) is 5. The minimum absolute atomic E-state index is 0.0384. The van der Waals surface area contributed by atoms with E-state index in [1.165, 1.54) is 18.5 Å². The molecule has 1 aromatic carbocycles. The molecule has 34 heavy (non-hydrogen) atoms. The average Bonchev–Trinajstić information content (AvgIpc) is 3.45. The van der Waals surface area contributed by atoms with Gasteiger partial charge in [0.25, 0.3) is 5.60 Å². The SMILES string of the molecule is CCC(=O)NCc1ncc(C2=NOC(c3cccc(C(F)(F)F)c3)(C(F)(F)F)C2)c2ccoc12. The van der Waals surface area contributed by atoms with Gasteiger partial charge in [-0.25, -0.2) is 0 Å². The first-order valence-corrected chi connectivity index (χ1v) is 10.1. The second-order valence-electron chi connectivity index (χ2n) is 7.62. The molecule has 6 nitrogen and oxygen atoms in total. The van der Waals surface area contributed by atoms with Gasteiger partial charge in [-0.1, -0.05) is 24.2 Å². The maximum absolute atomic E-state index is 14.2. The molecule has 0 saturated heterocycles. The number of fused-ring (bicyclic) bond motifs is 1. The van der Waals surface area contributed by atoms with Gasteiger partial charge in [-0.2, -0.15) is 26.3 Å². The van der Waals surface area contributed by atoms with Crippen LogP contribution in [0.1, 0.15) is 42.1 Å². The fraction of sp³-hybridized carbons (Fsp3) is 0.318. The zero-order chi connectivity index (χ0) is 24.7. The van der Waals surface area contributed by atoms with Gasteiger partial charge in [0.05, 0.1) is 30.5 Å². The van der Waals surface area contributed by atoms with E-state index in [2.05, 4.69) is 15.5 Å². The molecule has 0 fully saturated rings. The van der Waals surface area contributed by atoms with Crippen LogP contribution in [0, 0.1) is 0 Å². The van der Waals surface area contributed by atoms with Crippen LogP contribution in [0.2, 0.25) is 0 Å². The van der Waals surface area contributed by atoms with Crippen LogP contribution in [0.3, 0.4) is 0 Å². The second kappa shape index (κ2) is 8.33. The van der Waals surface area contributed by atoms with Crippen LogP contribution in [0.5, 0.6) is 0 Å². The number of nitrogens with zero attached hydrogens (tertiary/aromatic N) is 2. The molecule has 1 unspecified atom stereocenters. The summed E-state index contributed by atoms with van der Waals surface area (Å²) >= 11 is 0. The molecule has 1 aliphatic rings. The topological polar surface area (TPSA) is 76.7 Å². The summed E-state index contributed by atoms with van der Waals surface area (Å²) < 4.78 is 87.4. The fourth-order valence-electron chi connectivity index (χ4n) is 3.67. The van der Waals surface area contributed by atoms with Crippen LogP contribution in [-0.4, -0.2) is 22.8 Å². The summed E-state index contributed by atoms with van der Waals surface area (Å²) in [5.41, 5.74) is -4.45. The minimum atomic E-state index is -5.07. The number of hydrogen-bond donors (Lipinski definition) is 1. The van der Waals surface area contributed by atoms with E-state index in [4.69, 9.17) is 9.25 Å². The first-order valence-electron chi connectivity index (χ1n) is 10.1. The molecular weight excluding hydrogens is 468 g/mol. The largest absolute Gasteiger partial charge is 0.462 e. The van der Waals surface area contributed by atoms with Crippen molar-refractivity contribution in [3.8, 4) is 0 Å². The standard InChI is InChI=1S/C22H17F6N3O3/c1-2-18(32)30-11-17-19-14(6-7-33-19)15(10-29-17)16-9-20(34-31-16,22(26,27)28)12-4-3-5-13(8-12)21(23,24)25/h3-8,10H,2,9,11H2,1H3,(H,30,32). The van der Waals surface area contributed by atoms with E-state index in [9.17, 15) is 31.1 Å². The number of pyridine rings is 1. The predicted octanol–water partition coefficient (Wildman–Crippen LogP) is 5.46. The summed E-state index contributed by atoms with van der Waals surface area (Å²) in [5, 5.41) is 6.61. The van der Waals surface area contributed by atoms with Crippen LogP contribution >= 0.6 is 0 Å². The number of rotatable bonds is 5. The Labute approximate surface area is 188 Å². The van der Waals surface area contributed by atoms with Crippen molar-refractivity contribution in [2.75, 3.05) is 0 Å². The Bertz CT molecular complexity index is 1260. The van der Waals surface area contributed by atoms with Gasteiger partial charge in [0.15, 0.2) is 5.58 Å². The highest BCUT2D eigenvalue weighted by atomic mass is 19.4. The van der Waals surface area contributed by atoms with Crippen molar-refractivity contribution in [1.29, 1.82) is 0 Å². The molecular formula is C22H17F6N3O3. The lowest BCUT2D eigenvalue weighted by Crippen LogP contribution is -2.42. The van der Waals surface area contributed by atoms with E-state index in [-0.39, 0.29) is 35.7 Å². The minimum Gasteiger partial charge on any atom is -0.462 e. The lowest BCUT2D eigenvalue weighted by atomic mass is 9.85. The quantitative estimate of drug-likeness (QED) is 0.488. The van der Waals surface area contributed by atoms with Gasteiger partial charge in [0.2, 0.25) is 5.91 Å². The molecule has 0 radical (unpaired) electrons. The molecule has 2 aromatic heterocycles. The predicted molar refractivity (Wildman–Crippen MR) is 108 cm³/mol. The molecule has 12 heteroatoms. The lowest BCUT2D eigenvalue weighted by molar-refractivity contribution is -0.276. The number of oxime groups is 1. The molecule has 1 atom stereocenters. The molecule has 0 saturated carbocycles. The number of halogens is 6. The first-order chi connectivity index (χ1) is 16.0. The summed E-state index contributed by atoms with van der Waals surface area (Å²) in [6, 6.07) is 4.41. The molecule has 0 bridgehead atoms. The van der Waals surface area contributed by atoms with E-state index in [0.29, 0.717) is 23.2 Å². The number of amides is 1. The van der Waals surface area contributed by atoms with Crippen molar-refractivity contribution in [2.45, 2.75) is 44.3 Å². The molecule has 1 amide bonds. The van der Waals surface area contributed by atoms with Gasteiger partial charge in [-0.05, 0) is 18.2 Å². The number of aromatic nitrogens is 1. The van der Waals surface area contributed by atoms with Crippen LogP contribution in [0.25, 0.3) is 11.0 Å². The van der Waals surface area contributed by atoms with E-state index >= 15 is 0 Å². The summed E-state index contributed by atoms with van der Waals surface area (Å²) in [6.45, 7) is 1.71. The molecule has 3 aromatic rings. The van der Waals surface area contributed by atoms with Crippen molar-refractivity contribution in [1.82, 2.24) is 10.3 Å². The highest BCUT2D eigenvalue weighted by Crippen LogP contribution is 2.50. The average molecular weight is 485 g/mol. The van der Waals surface area contributed by atoms with Crippen molar-refractivity contribution in [3.63, 3.8) is 0 Å². The van der Waals surface area contributed by atoms with E-state index < -0.39 is 35.5 Å². The van der Waals surface area contributed by atoms with Crippen LogP contribution in [0.15, 0.2) is 52.4 Å². The fourth-order valence-corrected chi connectivity index (χ4v) is 3.67. The monoisotopic (exact) mass is 485 g/mol. The molecule has 1 N–H and O–H groups in total. The third-order valence-corrected chi connectivity index (χ3v) is 5.49. The van der Waals surface area contributed by atoms with Gasteiger partial charge in [0.1, 0.15) is 5.69 Å². The molecule has 180 valence electrons. The van der Waals surface area contributed by atoms with E-state index in [1.54, 1.807) is 6.92 Å². The lowest BCUT2D eigenvalue weighted by Gasteiger charge is -2.30. The molecule has 3 heterocycles. The van der Waals surface area contributed by atoms with Crippen molar-refractivity contribution in [2.24, 2.45) is 5.16 Å². The van der Waals surface area contributed by atoms with Crippen LogP contribution in [0.4, 0.5) is 26.3 Å². The van der Waals surface area contributed by atoms with Gasteiger partial charge in [-0.15, -0.1) is 0 Å². The second-order valence-corrected chi connectivity index (χ2v) is 7.62. The maximum atomic E-state index is 14.2. The number of carbonyl (C=O) groups excluding carboxylic acids is 1. The number of carbonyl (C=O) groups is 1. The highest BCUT2D eigenvalue weighted by Gasteiger charge is 2.62. The van der Waals surface area contributed by atoms with Crippen molar-refractivity contribution < 1.29 is 40.4 Å². The highest BCUT2D eigenvalue weighted by molar-refractivity contribution is 6.10. The Kier molecular flexibility index (Phi) is 5.78. The normalized spacial score (nSPS) is 18.6. The zero-order valence-corrected chi connectivity index (χ0v) is 17.5. The van der Waals surface area contributed by atoms with E-state index in [1.807, 2.05) is 0 Å². The zero-order valence-electron chi connectivity index (χ0n) is 17.5. The number of alkyl halides is 6. The Morgan fingerprint density at radius 3 is 2.62 bits per heavy atom. The van der Waals surface area contributed by atoms with Gasteiger partial charge in [-0.3, -0.25) is 9.78 Å². The van der Waals surface area contributed by atoms with E-state index in [0.717, 1.165) is 12.1 Å². The van der Waals surface area contributed by atoms with Crippen LogP contribution < -0.4 is 5.32 Å². The number of nitrogens with one attached hydrogen (secondary N) is 1. The van der Waals surface area contributed by atoms with Crippen molar-refractivity contribution in [3.05, 3.63) is 65.2 Å². The van der Waals surface area contributed by atoms with Gasteiger partial charge >= 0.3 is 12.4 Å². The Hall–Kier alpha value is -3.57. The smallest absolute Gasteiger partial charge is 0.435 e. The Balaban J connectivity index is 1.71. The third kappa shape index (κ3) is 4.08. The van der Waals surface area contributed by atoms with Crippen LogP contribution in [-0.2, 0) is 28.0 Å². The summed E-state index contributed by atoms with van der Waals surface area (Å²) in [6.07, 6.45) is -7.95. The molecule has 1 aliphatic heterocycles. The van der Waals surface area contributed by atoms with Gasteiger partial charge in [0, 0.05) is 29.1 Å².